The summed E-state index contributed by atoms with van der Waals surface area (Å²) in [5.41, 5.74) is 0. The summed E-state index contributed by atoms with van der Waals surface area (Å²) in [6.45, 7) is 17.3. The van der Waals surface area contributed by atoms with E-state index in [1.165, 1.54) is 161 Å². The number of carbonyl (C=O) groups is 2. The molecule has 0 aromatic heterocycles. The molecule has 0 spiro atoms. The lowest BCUT2D eigenvalue weighted by Crippen LogP contribution is -2.45. The lowest BCUT2D eigenvalue weighted by atomic mass is 9.94. The predicted molar refractivity (Wildman–Crippen MR) is 260 cm³/mol. The number of hydrogen-bond donors (Lipinski definition) is 1. The van der Waals surface area contributed by atoms with E-state index < -0.39 is 0 Å². The third kappa shape index (κ3) is 34.1. The zero-order valence-corrected chi connectivity index (χ0v) is 41.8. The normalized spacial score (nSPS) is 15.0. The van der Waals surface area contributed by atoms with Crippen molar-refractivity contribution >= 4 is 11.9 Å². The van der Waals surface area contributed by atoms with Gasteiger partial charge < -0.3 is 24.1 Å². The van der Waals surface area contributed by atoms with Gasteiger partial charge in [0.1, 0.15) is 0 Å². The summed E-state index contributed by atoms with van der Waals surface area (Å²) >= 11 is 0. The highest BCUT2D eigenvalue weighted by Gasteiger charge is 2.23. The molecular formula is C53H104N2O7. The topological polar surface area (TPSA) is 97.8 Å². The van der Waals surface area contributed by atoms with Crippen LogP contribution in [0.5, 0.6) is 0 Å². The van der Waals surface area contributed by atoms with Crippen molar-refractivity contribution in [2.24, 2.45) is 11.8 Å². The molecule has 1 rings (SSSR count). The van der Waals surface area contributed by atoms with Crippen molar-refractivity contribution in [3.8, 4) is 0 Å². The fourth-order valence-electron chi connectivity index (χ4n) is 9.15. The monoisotopic (exact) mass is 881 g/mol. The minimum Gasteiger partial charge on any atom is -0.465 e. The number of rotatable bonds is 46. The molecule has 1 aliphatic carbocycles. The number of hydrogen-bond acceptors (Lipinski definition) is 9. The first-order valence-electron chi connectivity index (χ1n) is 27.0. The van der Waals surface area contributed by atoms with Crippen molar-refractivity contribution in [1.82, 2.24) is 9.80 Å². The Hall–Kier alpha value is -1.26. The quantitative estimate of drug-likeness (QED) is 0.0473. The molecule has 0 amide bonds. The average molecular weight is 881 g/mol. The summed E-state index contributed by atoms with van der Waals surface area (Å²) in [5.74, 6) is 0.503. The fourth-order valence-corrected chi connectivity index (χ4v) is 9.15. The lowest BCUT2D eigenvalue weighted by Gasteiger charge is -2.36. The molecule has 62 heavy (non-hydrogen) atoms. The summed E-state index contributed by atoms with van der Waals surface area (Å²) in [5, 5.41) is 9.86. The largest absolute Gasteiger partial charge is 0.465 e. The van der Waals surface area contributed by atoms with Gasteiger partial charge in [0.05, 0.1) is 58.6 Å². The van der Waals surface area contributed by atoms with Crippen LogP contribution in [0.4, 0.5) is 0 Å². The Morgan fingerprint density at radius 3 is 1.47 bits per heavy atom. The first kappa shape index (κ1) is 58.8. The SMILES string of the molecule is CCCCCCCCC(CCCCCC)COC(=O)CCOCC(CN(CC)CCN(CCO)C1CCCCC1)OCCC(=O)OCC(CCCCCC)CCCCCCCC. The molecule has 368 valence electrons. The van der Waals surface area contributed by atoms with E-state index in [1.807, 2.05) is 0 Å². The van der Waals surface area contributed by atoms with Crippen molar-refractivity contribution in [1.29, 1.82) is 0 Å². The number of aliphatic hydroxyl groups excluding tert-OH is 1. The number of unbranched alkanes of at least 4 members (excludes halogenated alkanes) is 16. The van der Waals surface area contributed by atoms with Crippen molar-refractivity contribution in [3.05, 3.63) is 0 Å². The number of nitrogens with zero attached hydrogens (tertiary/aromatic N) is 2. The molecule has 3 unspecified atom stereocenters. The molecule has 0 heterocycles. The third-order valence-corrected chi connectivity index (χ3v) is 13.3. The molecule has 0 aliphatic heterocycles. The molecular weight excluding hydrogens is 777 g/mol. The fraction of sp³-hybridized carbons (Fsp3) is 0.962. The Morgan fingerprint density at radius 2 is 1.00 bits per heavy atom. The minimum atomic E-state index is -0.247. The molecule has 0 aromatic rings. The Bertz CT molecular complexity index is 980. The predicted octanol–water partition coefficient (Wildman–Crippen LogP) is 12.9. The molecule has 1 aliphatic rings. The first-order valence-corrected chi connectivity index (χ1v) is 27.0. The van der Waals surface area contributed by atoms with Gasteiger partial charge in [0.2, 0.25) is 0 Å². The third-order valence-electron chi connectivity index (χ3n) is 13.3. The van der Waals surface area contributed by atoms with Crippen molar-refractivity contribution < 1.29 is 33.6 Å². The highest BCUT2D eigenvalue weighted by molar-refractivity contribution is 5.69. The highest BCUT2D eigenvalue weighted by Crippen LogP contribution is 2.23. The molecule has 1 N–H and O–H groups in total. The molecule has 9 nitrogen and oxygen atoms in total. The second-order valence-electron chi connectivity index (χ2n) is 18.9. The van der Waals surface area contributed by atoms with Gasteiger partial charge in [-0.15, -0.1) is 0 Å². The number of likely N-dealkylation sites (N-methyl/N-ethyl adjacent to an activating group) is 1. The maximum atomic E-state index is 13.0. The second kappa shape index (κ2) is 43.6. The summed E-state index contributed by atoms with van der Waals surface area (Å²) in [6, 6.07) is 0.546. The molecule has 0 radical (unpaired) electrons. The van der Waals surface area contributed by atoms with Crippen LogP contribution >= 0.6 is 0 Å². The van der Waals surface area contributed by atoms with Crippen LogP contribution in [0, 0.1) is 11.8 Å². The Kier molecular flexibility index (Phi) is 41.3. The van der Waals surface area contributed by atoms with Crippen LogP contribution in [0.15, 0.2) is 0 Å². The molecule has 3 atom stereocenters. The van der Waals surface area contributed by atoms with Gasteiger partial charge in [0.15, 0.2) is 0 Å². The maximum absolute atomic E-state index is 13.0. The van der Waals surface area contributed by atoms with Gasteiger partial charge in [0.25, 0.3) is 0 Å². The number of carbonyl (C=O) groups excluding carboxylic acids is 2. The van der Waals surface area contributed by atoms with Crippen molar-refractivity contribution in [2.75, 3.05) is 72.4 Å². The van der Waals surface area contributed by atoms with Crippen molar-refractivity contribution in [3.63, 3.8) is 0 Å². The Morgan fingerprint density at radius 1 is 0.548 bits per heavy atom. The molecule has 1 fully saturated rings. The van der Waals surface area contributed by atoms with Gasteiger partial charge >= 0.3 is 11.9 Å². The van der Waals surface area contributed by atoms with Gasteiger partial charge in [-0.2, -0.15) is 0 Å². The van der Waals surface area contributed by atoms with E-state index in [1.54, 1.807) is 0 Å². The van der Waals surface area contributed by atoms with Crippen LogP contribution in [0.25, 0.3) is 0 Å². The molecule has 0 bridgehead atoms. The standard InChI is InChI=1S/C53H104N2O7/c1-6-11-15-19-21-26-32-48(30-24-17-13-8-3)45-61-52(57)36-42-59-47-51(44-54(10-5)38-39-55(40-41-56)50-34-28-23-29-35-50)60-43-37-53(58)62-46-49(31-25-18-14-9-4)33-27-22-20-16-12-7-2/h48-51,56H,6-47H2,1-5H3. The van der Waals surface area contributed by atoms with Crippen LogP contribution in [0.3, 0.4) is 0 Å². The van der Waals surface area contributed by atoms with Crippen LogP contribution in [0.2, 0.25) is 0 Å². The van der Waals surface area contributed by atoms with Crippen LogP contribution in [-0.2, 0) is 28.5 Å². The molecule has 0 aromatic carbocycles. The summed E-state index contributed by atoms with van der Waals surface area (Å²) in [6.07, 6.45) is 36.4. The van der Waals surface area contributed by atoms with Crippen LogP contribution < -0.4 is 0 Å². The number of aliphatic hydroxyl groups is 1. The van der Waals surface area contributed by atoms with Crippen LogP contribution in [-0.4, -0.2) is 111 Å². The maximum Gasteiger partial charge on any atom is 0.308 e. The van der Waals surface area contributed by atoms with Gasteiger partial charge in [-0.25, -0.2) is 0 Å². The lowest BCUT2D eigenvalue weighted by molar-refractivity contribution is -0.149. The number of esters is 2. The Labute approximate surface area is 384 Å². The summed E-state index contributed by atoms with van der Waals surface area (Å²) < 4.78 is 24.3. The van der Waals surface area contributed by atoms with E-state index in [4.69, 9.17) is 18.9 Å². The zero-order valence-electron chi connectivity index (χ0n) is 41.8. The smallest absolute Gasteiger partial charge is 0.308 e. The summed E-state index contributed by atoms with van der Waals surface area (Å²) in [4.78, 5) is 30.8. The molecule has 1 saturated carbocycles. The molecule has 0 saturated heterocycles. The van der Waals surface area contributed by atoms with E-state index >= 15 is 0 Å². The Balaban J connectivity index is 2.75. The van der Waals surface area contributed by atoms with E-state index in [2.05, 4.69) is 44.4 Å². The van der Waals surface area contributed by atoms with E-state index in [-0.39, 0.29) is 50.7 Å². The average Bonchev–Trinajstić information content (AvgIpc) is 3.28. The van der Waals surface area contributed by atoms with Gasteiger partial charge in [-0.05, 0) is 56.9 Å². The van der Waals surface area contributed by atoms with E-state index in [0.29, 0.717) is 50.8 Å². The number of ether oxygens (including phenoxy) is 4. The van der Waals surface area contributed by atoms with E-state index in [9.17, 15) is 14.7 Å². The van der Waals surface area contributed by atoms with Gasteiger partial charge in [0, 0.05) is 32.2 Å². The van der Waals surface area contributed by atoms with Crippen LogP contribution in [0.1, 0.15) is 234 Å². The second-order valence-corrected chi connectivity index (χ2v) is 18.9. The summed E-state index contributed by atoms with van der Waals surface area (Å²) in [7, 11) is 0. The van der Waals surface area contributed by atoms with Gasteiger partial charge in [-0.3, -0.25) is 19.4 Å². The molecule has 9 heteroatoms. The minimum absolute atomic E-state index is 0.179. The van der Waals surface area contributed by atoms with E-state index in [0.717, 1.165) is 45.3 Å². The zero-order chi connectivity index (χ0) is 45.1. The first-order chi connectivity index (χ1) is 30.4. The van der Waals surface area contributed by atoms with Crippen molar-refractivity contribution in [2.45, 2.75) is 246 Å². The highest BCUT2D eigenvalue weighted by atomic mass is 16.6. The van der Waals surface area contributed by atoms with Gasteiger partial charge in [-0.1, -0.05) is 182 Å².